The summed E-state index contributed by atoms with van der Waals surface area (Å²) in [6, 6.07) is 15.2. The number of para-hydroxylation sites is 1. The third kappa shape index (κ3) is 6.50. The van der Waals surface area contributed by atoms with Crippen molar-refractivity contribution >= 4 is 40.7 Å². The highest BCUT2D eigenvalue weighted by Gasteiger charge is 2.22. The number of hydrogen-bond acceptors (Lipinski definition) is 5. The maximum Gasteiger partial charge on any atom is 0.275 e. The summed E-state index contributed by atoms with van der Waals surface area (Å²) in [6.45, 7) is 6.73. The van der Waals surface area contributed by atoms with Gasteiger partial charge in [-0.15, -0.1) is 12.4 Å². The highest BCUT2D eigenvalue weighted by atomic mass is 35.5. The van der Waals surface area contributed by atoms with Crippen LogP contribution in [0.4, 0.5) is 5.69 Å². The predicted octanol–water partition coefficient (Wildman–Crippen LogP) is 3.22. The molecule has 1 N–H and O–H groups in total. The highest BCUT2D eigenvalue weighted by Crippen LogP contribution is 2.23. The number of hydrogen-bond donors (Lipinski definition) is 1. The lowest BCUT2D eigenvalue weighted by atomic mass is 10.1. The van der Waals surface area contributed by atoms with Crippen LogP contribution < -0.4 is 15.8 Å². The van der Waals surface area contributed by atoms with Crippen molar-refractivity contribution in [3.05, 3.63) is 70.6 Å². The molecule has 3 aromatic rings. The van der Waals surface area contributed by atoms with Gasteiger partial charge in [-0.05, 0) is 30.0 Å². The van der Waals surface area contributed by atoms with Gasteiger partial charge in [-0.3, -0.25) is 14.4 Å². The summed E-state index contributed by atoms with van der Waals surface area (Å²) < 4.78 is 1.23. The van der Waals surface area contributed by atoms with Gasteiger partial charge in [0.25, 0.3) is 5.56 Å². The average molecular weight is 512 g/mol. The Labute approximate surface area is 217 Å². The van der Waals surface area contributed by atoms with Gasteiger partial charge in [0, 0.05) is 50.2 Å². The lowest BCUT2D eigenvalue weighted by Gasteiger charge is -2.27. The Morgan fingerprint density at radius 3 is 2.56 bits per heavy atom. The van der Waals surface area contributed by atoms with Gasteiger partial charge in [0.15, 0.2) is 0 Å². The minimum Gasteiger partial charge on any atom is -0.340 e. The molecule has 0 atom stereocenters. The monoisotopic (exact) mass is 511 g/mol. The van der Waals surface area contributed by atoms with Crippen LogP contribution in [0.1, 0.15) is 32.3 Å². The molecule has 4 rings (SSSR count). The van der Waals surface area contributed by atoms with Crippen LogP contribution in [0.15, 0.2) is 59.5 Å². The Balaban J connectivity index is 0.00000361. The molecule has 0 saturated heterocycles. The molecule has 0 fully saturated rings. The zero-order valence-corrected chi connectivity index (χ0v) is 21.7. The second-order valence-corrected chi connectivity index (χ2v) is 9.38. The van der Waals surface area contributed by atoms with Crippen LogP contribution >= 0.6 is 12.4 Å². The lowest BCUT2D eigenvalue weighted by molar-refractivity contribution is -0.132. The fourth-order valence-corrected chi connectivity index (χ4v) is 4.45. The molecule has 0 unspecified atom stereocenters. The van der Waals surface area contributed by atoms with Crippen LogP contribution in [-0.2, 0) is 22.7 Å². The van der Waals surface area contributed by atoms with E-state index in [0.29, 0.717) is 51.0 Å². The molecule has 0 aliphatic carbocycles. The third-order valence-electron chi connectivity index (χ3n) is 6.25. The standard InChI is InChI=1S/C27H33N5O3.ClH/c1-20(2)16-25(33)31-14-7-13-30(15-12-28-17-22-9-4-6-11-24(22)31)26(34)19-32-27(35)23-10-5-3-8-21(23)18-29-32;/h3-6,8-11,18,20,28H,7,12-17,19H2,1-2H3;1H. The van der Waals surface area contributed by atoms with Crippen molar-refractivity contribution in [3.8, 4) is 0 Å². The summed E-state index contributed by atoms with van der Waals surface area (Å²) in [7, 11) is 0. The second-order valence-electron chi connectivity index (χ2n) is 9.38. The first-order chi connectivity index (χ1) is 16.9. The van der Waals surface area contributed by atoms with Crippen LogP contribution in [0.2, 0.25) is 0 Å². The summed E-state index contributed by atoms with van der Waals surface area (Å²) in [5, 5.41) is 8.92. The average Bonchev–Trinajstić information content (AvgIpc) is 2.88. The molecule has 8 nitrogen and oxygen atoms in total. The minimum atomic E-state index is -0.270. The van der Waals surface area contributed by atoms with Gasteiger partial charge in [-0.25, -0.2) is 4.68 Å². The summed E-state index contributed by atoms with van der Waals surface area (Å²) >= 11 is 0. The number of carbonyl (C=O) groups excluding carboxylic acids is 2. The fourth-order valence-electron chi connectivity index (χ4n) is 4.45. The quantitative estimate of drug-likeness (QED) is 0.581. The minimum absolute atomic E-state index is 0. The van der Waals surface area contributed by atoms with Crippen LogP contribution in [0.25, 0.3) is 10.8 Å². The Hall–Kier alpha value is -3.23. The van der Waals surface area contributed by atoms with Gasteiger partial charge in [0.1, 0.15) is 6.54 Å². The zero-order valence-electron chi connectivity index (χ0n) is 20.9. The predicted molar refractivity (Wildman–Crippen MR) is 144 cm³/mol. The maximum absolute atomic E-state index is 13.2. The summed E-state index contributed by atoms with van der Waals surface area (Å²) in [6.07, 6.45) is 2.73. The van der Waals surface area contributed by atoms with Crippen molar-refractivity contribution < 1.29 is 9.59 Å². The zero-order chi connectivity index (χ0) is 24.8. The van der Waals surface area contributed by atoms with E-state index in [0.717, 1.165) is 16.6 Å². The van der Waals surface area contributed by atoms with E-state index in [1.165, 1.54) is 4.68 Å². The van der Waals surface area contributed by atoms with Crippen molar-refractivity contribution in [1.29, 1.82) is 0 Å². The number of anilines is 1. The van der Waals surface area contributed by atoms with Gasteiger partial charge >= 0.3 is 0 Å². The topological polar surface area (TPSA) is 87.5 Å². The van der Waals surface area contributed by atoms with Crippen LogP contribution in [0.3, 0.4) is 0 Å². The van der Waals surface area contributed by atoms with Crippen molar-refractivity contribution in [2.75, 3.05) is 31.1 Å². The summed E-state index contributed by atoms with van der Waals surface area (Å²) in [4.78, 5) is 42.7. The number of fused-ring (bicyclic) bond motifs is 2. The largest absolute Gasteiger partial charge is 0.340 e. The van der Waals surface area contributed by atoms with E-state index in [1.54, 1.807) is 23.2 Å². The first-order valence-electron chi connectivity index (χ1n) is 12.3. The second kappa shape index (κ2) is 12.6. The van der Waals surface area contributed by atoms with Gasteiger partial charge in [-0.2, -0.15) is 5.10 Å². The van der Waals surface area contributed by atoms with Crippen molar-refractivity contribution in [1.82, 2.24) is 20.0 Å². The Bertz CT molecular complexity index is 1260. The summed E-state index contributed by atoms with van der Waals surface area (Å²) in [5.41, 5.74) is 1.72. The number of nitrogens with zero attached hydrogens (tertiary/aromatic N) is 4. The first kappa shape index (κ1) is 27.4. The Kier molecular flexibility index (Phi) is 9.61. The van der Waals surface area contributed by atoms with Crippen molar-refractivity contribution in [2.45, 2.75) is 39.8 Å². The van der Waals surface area contributed by atoms with E-state index < -0.39 is 0 Å². The molecular formula is C27H34ClN5O3. The molecule has 2 amide bonds. The van der Waals surface area contributed by atoms with E-state index in [9.17, 15) is 14.4 Å². The van der Waals surface area contributed by atoms with Crippen LogP contribution in [0.5, 0.6) is 0 Å². The van der Waals surface area contributed by atoms with Gasteiger partial charge in [0.2, 0.25) is 11.8 Å². The molecule has 0 bridgehead atoms. The van der Waals surface area contributed by atoms with E-state index in [-0.39, 0.29) is 42.2 Å². The number of benzene rings is 2. The van der Waals surface area contributed by atoms with E-state index in [4.69, 9.17) is 0 Å². The van der Waals surface area contributed by atoms with E-state index in [1.807, 2.05) is 55.1 Å². The Morgan fingerprint density at radius 2 is 1.75 bits per heavy atom. The highest BCUT2D eigenvalue weighted by molar-refractivity contribution is 5.94. The third-order valence-corrected chi connectivity index (χ3v) is 6.25. The maximum atomic E-state index is 13.2. The number of rotatable bonds is 4. The smallest absolute Gasteiger partial charge is 0.275 e. The van der Waals surface area contributed by atoms with Gasteiger partial charge in [0.05, 0.1) is 11.6 Å². The molecule has 2 heterocycles. The lowest BCUT2D eigenvalue weighted by Crippen LogP contribution is -2.42. The SMILES string of the molecule is CC(C)CC(=O)N1CCCN(C(=O)Cn2ncc3ccccc3c2=O)CCNCc2ccccc21.Cl. The van der Waals surface area contributed by atoms with Crippen LogP contribution in [-0.4, -0.2) is 52.7 Å². The van der Waals surface area contributed by atoms with E-state index >= 15 is 0 Å². The molecule has 0 saturated carbocycles. The molecule has 1 aliphatic rings. The molecule has 192 valence electrons. The normalized spacial score (nSPS) is 14.6. The molecule has 36 heavy (non-hydrogen) atoms. The molecule has 1 aromatic heterocycles. The van der Waals surface area contributed by atoms with Gasteiger partial charge in [-0.1, -0.05) is 50.2 Å². The van der Waals surface area contributed by atoms with Crippen LogP contribution in [0, 0.1) is 5.92 Å². The molecule has 0 radical (unpaired) electrons. The van der Waals surface area contributed by atoms with Crippen molar-refractivity contribution in [3.63, 3.8) is 0 Å². The molecule has 1 aliphatic heterocycles. The fraction of sp³-hybridized carbons (Fsp3) is 0.407. The number of aromatic nitrogens is 2. The van der Waals surface area contributed by atoms with Crippen molar-refractivity contribution in [2.24, 2.45) is 5.92 Å². The summed E-state index contributed by atoms with van der Waals surface area (Å²) in [5.74, 6) is 0.196. The molecule has 9 heteroatoms. The number of carbonyl (C=O) groups is 2. The number of nitrogens with one attached hydrogen (secondary N) is 1. The molecule has 2 aromatic carbocycles. The molecular weight excluding hydrogens is 478 g/mol. The Morgan fingerprint density at radius 1 is 1.00 bits per heavy atom. The van der Waals surface area contributed by atoms with Gasteiger partial charge < -0.3 is 15.1 Å². The number of halogens is 1. The first-order valence-corrected chi connectivity index (χ1v) is 12.3. The number of amides is 2. The molecule has 0 spiro atoms. The van der Waals surface area contributed by atoms with E-state index in [2.05, 4.69) is 10.4 Å².